The largest absolute Gasteiger partial charge is 0.497 e. The number of rotatable bonds is 8. The van der Waals surface area contributed by atoms with Gasteiger partial charge < -0.3 is 14.8 Å². The second kappa shape index (κ2) is 10.3. The number of methoxy groups -OCH3 is 2. The van der Waals surface area contributed by atoms with Crippen LogP contribution in [0, 0.1) is 6.92 Å². The number of ether oxygens (including phenoxy) is 2. The fourth-order valence-electron chi connectivity index (χ4n) is 3.99. The molecule has 0 aliphatic rings. The predicted molar refractivity (Wildman–Crippen MR) is 135 cm³/mol. The topological polar surface area (TPSA) is 69.6 Å². The number of carbonyl (C=O) groups is 1. The maximum absolute atomic E-state index is 13.5. The monoisotopic (exact) mass is 456 g/mol. The van der Waals surface area contributed by atoms with Gasteiger partial charge in [-0.15, -0.1) is 0 Å². The molecule has 174 valence electrons. The highest BCUT2D eigenvalue weighted by Gasteiger charge is 2.14. The van der Waals surface area contributed by atoms with Crippen LogP contribution in [0.5, 0.6) is 11.5 Å². The highest BCUT2D eigenvalue weighted by Crippen LogP contribution is 2.22. The van der Waals surface area contributed by atoms with Gasteiger partial charge in [0, 0.05) is 17.3 Å². The Bertz CT molecular complexity index is 1370. The lowest BCUT2D eigenvalue weighted by Gasteiger charge is -2.15. The molecule has 1 heterocycles. The minimum atomic E-state index is -0.257. The van der Waals surface area contributed by atoms with E-state index in [2.05, 4.69) is 5.32 Å². The third-order valence-electron chi connectivity index (χ3n) is 5.94. The van der Waals surface area contributed by atoms with Crippen LogP contribution in [-0.4, -0.2) is 24.7 Å². The van der Waals surface area contributed by atoms with Crippen LogP contribution < -0.4 is 20.3 Å². The van der Waals surface area contributed by atoms with Crippen LogP contribution in [0.1, 0.15) is 16.7 Å². The summed E-state index contributed by atoms with van der Waals surface area (Å²) in [4.78, 5) is 26.4. The first-order chi connectivity index (χ1) is 16.5. The van der Waals surface area contributed by atoms with Crippen LogP contribution in [-0.2, 0) is 24.2 Å². The number of hydrogen-bond acceptors (Lipinski definition) is 4. The van der Waals surface area contributed by atoms with Gasteiger partial charge in [-0.2, -0.15) is 0 Å². The van der Waals surface area contributed by atoms with Gasteiger partial charge >= 0.3 is 0 Å². The van der Waals surface area contributed by atoms with Gasteiger partial charge in [0.2, 0.25) is 5.91 Å². The third kappa shape index (κ3) is 5.12. The summed E-state index contributed by atoms with van der Waals surface area (Å²) in [5.74, 6) is 1.17. The van der Waals surface area contributed by atoms with E-state index < -0.39 is 0 Å². The van der Waals surface area contributed by atoms with Crippen molar-refractivity contribution in [1.82, 2.24) is 4.57 Å². The summed E-state index contributed by atoms with van der Waals surface area (Å²) >= 11 is 0. The Morgan fingerprint density at radius 1 is 0.882 bits per heavy atom. The molecule has 34 heavy (non-hydrogen) atoms. The van der Waals surface area contributed by atoms with E-state index >= 15 is 0 Å². The van der Waals surface area contributed by atoms with E-state index in [0.717, 1.165) is 28.0 Å². The second-order valence-corrected chi connectivity index (χ2v) is 8.20. The Kier molecular flexibility index (Phi) is 6.97. The number of aromatic nitrogens is 1. The van der Waals surface area contributed by atoms with E-state index in [1.54, 1.807) is 20.3 Å². The summed E-state index contributed by atoms with van der Waals surface area (Å²) in [6.07, 6.45) is 1.27. The molecule has 0 aliphatic heterocycles. The number of pyridine rings is 1. The molecule has 3 aromatic carbocycles. The summed E-state index contributed by atoms with van der Waals surface area (Å²) in [5.41, 5.74) is 3.96. The lowest BCUT2D eigenvalue weighted by Crippen LogP contribution is -2.30. The highest BCUT2D eigenvalue weighted by molar-refractivity contribution is 5.92. The number of anilines is 1. The number of benzene rings is 3. The average molecular weight is 457 g/mol. The Labute approximate surface area is 198 Å². The molecule has 0 spiro atoms. The SMILES string of the molecule is COc1ccc(CCc2cc3ccc(OC)cc3n(CC(=O)Nc3ccccc3C)c2=O)cc1. The third-order valence-corrected chi connectivity index (χ3v) is 5.94. The van der Waals surface area contributed by atoms with E-state index in [1.807, 2.05) is 73.7 Å². The smallest absolute Gasteiger partial charge is 0.254 e. The predicted octanol–water partition coefficient (Wildman–Crippen LogP) is 4.75. The van der Waals surface area contributed by atoms with Gasteiger partial charge in [-0.1, -0.05) is 30.3 Å². The zero-order chi connectivity index (χ0) is 24.1. The molecule has 4 rings (SSSR count). The molecule has 1 aromatic heterocycles. The maximum atomic E-state index is 13.5. The number of aryl methyl sites for hydroxylation is 3. The Morgan fingerprint density at radius 3 is 2.29 bits per heavy atom. The van der Waals surface area contributed by atoms with Gasteiger partial charge in [0.05, 0.1) is 19.7 Å². The molecule has 0 fully saturated rings. The van der Waals surface area contributed by atoms with E-state index in [9.17, 15) is 9.59 Å². The molecule has 0 aliphatic carbocycles. The number of nitrogens with zero attached hydrogens (tertiary/aromatic N) is 1. The highest BCUT2D eigenvalue weighted by atomic mass is 16.5. The molecule has 4 aromatic rings. The summed E-state index contributed by atoms with van der Waals surface area (Å²) in [5, 5.41) is 3.81. The zero-order valence-corrected chi connectivity index (χ0v) is 19.6. The molecular formula is C28H28N2O4. The maximum Gasteiger partial charge on any atom is 0.254 e. The molecule has 0 saturated heterocycles. The Morgan fingerprint density at radius 2 is 1.59 bits per heavy atom. The number of para-hydroxylation sites is 1. The van der Waals surface area contributed by atoms with Crippen molar-refractivity contribution in [3.05, 3.63) is 99.8 Å². The number of amides is 1. The first-order valence-electron chi connectivity index (χ1n) is 11.2. The summed E-state index contributed by atoms with van der Waals surface area (Å²) in [6, 6.07) is 22.9. The summed E-state index contributed by atoms with van der Waals surface area (Å²) in [6.45, 7) is 1.84. The van der Waals surface area contributed by atoms with E-state index in [0.29, 0.717) is 29.7 Å². The van der Waals surface area contributed by atoms with Crippen molar-refractivity contribution in [2.24, 2.45) is 0 Å². The van der Waals surface area contributed by atoms with Crippen molar-refractivity contribution in [1.29, 1.82) is 0 Å². The van der Waals surface area contributed by atoms with E-state index in [-0.39, 0.29) is 18.0 Å². The van der Waals surface area contributed by atoms with Gasteiger partial charge in [0.1, 0.15) is 18.0 Å². The summed E-state index contributed by atoms with van der Waals surface area (Å²) in [7, 11) is 3.22. The van der Waals surface area contributed by atoms with Gasteiger partial charge in [-0.05, 0) is 72.7 Å². The normalized spacial score (nSPS) is 10.8. The summed E-state index contributed by atoms with van der Waals surface area (Å²) < 4.78 is 12.1. The fourth-order valence-corrected chi connectivity index (χ4v) is 3.99. The van der Waals surface area contributed by atoms with Crippen LogP contribution in [0.3, 0.4) is 0 Å². The lowest BCUT2D eigenvalue weighted by molar-refractivity contribution is -0.116. The van der Waals surface area contributed by atoms with Crippen molar-refractivity contribution in [2.45, 2.75) is 26.3 Å². The number of hydrogen-bond donors (Lipinski definition) is 1. The molecule has 0 bridgehead atoms. The van der Waals surface area contributed by atoms with Gasteiger partial charge in [0.15, 0.2) is 0 Å². The van der Waals surface area contributed by atoms with Gasteiger partial charge in [-0.25, -0.2) is 0 Å². The Hall–Kier alpha value is -4.06. The second-order valence-electron chi connectivity index (χ2n) is 8.20. The first-order valence-corrected chi connectivity index (χ1v) is 11.2. The van der Waals surface area contributed by atoms with Crippen molar-refractivity contribution < 1.29 is 14.3 Å². The quantitative estimate of drug-likeness (QED) is 0.415. The minimum absolute atomic E-state index is 0.0901. The molecule has 0 saturated carbocycles. The van der Waals surface area contributed by atoms with Crippen molar-refractivity contribution in [2.75, 3.05) is 19.5 Å². The minimum Gasteiger partial charge on any atom is -0.497 e. The van der Waals surface area contributed by atoms with Crippen LogP contribution in [0.2, 0.25) is 0 Å². The molecule has 1 N–H and O–H groups in total. The zero-order valence-electron chi connectivity index (χ0n) is 19.6. The molecular weight excluding hydrogens is 428 g/mol. The van der Waals surface area contributed by atoms with E-state index in [1.165, 1.54) is 4.57 Å². The number of fused-ring (bicyclic) bond motifs is 1. The lowest BCUT2D eigenvalue weighted by atomic mass is 10.0. The molecule has 0 atom stereocenters. The fraction of sp³-hybridized carbons (Fsp3) is 0.214. The number of carbonyl (C=O) groups excluding carboxylic acids is 1. The van der Waals surface area contributed by atoms with Crippen LogP contribution in [0.25, 0.3) is 10.9 Å². The van der Waals surface area contributed by atoms with Crippen LogP contribution in [0.4, 0.5) is 5.69 Å². The standard InChI is InChI=1S/C28H28N2O4/c1-19-6-4-5-7-25(19)29-27(31)18-30-26-17-24(34-3)15-12-21(26)16-22(28(30)32)11-8-20-9-13-23(33-2)14-10-20/h4-7,9-10,12-17H,8,11,18H2,1-3H3,(H,29,31). The van der Waals surface area contributed by atoms with Crippen LogP contribution in [0.15, 0.2) is 77.6 Å². The molecule has 6 nitrogen and oxygen atoms in total. The van der Waals surface area contributed by atoms with Crippen molar-refractivity contribution in [3.8, 4) is 11.5 Å². The average Bonchev–Trinajstić information content (AvgIpc) is 2.86. The number of nitrogens with one attached hydrogen (secondary N) is 1. The van der Waals surface area contributed by atoms with Crippen molar-refractivity contribution >= 4 is 22.5 Å². The molecule has 1 amide bonds. The van der Waals surface area contributed by atoms with Gasteiger partial charge in [-0.3, -0.25) is 14.2 Å². The van der Waals surface area contributed by atoms with Gasteiger partial charge in [0.25, 0.3) is 5.56 Å². The molecule has 0 unspecified atom stereocenters. The van der Waals surface area contributed by atoms with Crippen LogP contribution >= 0.6 is 0 Å². The van der Waals surface area contributed by atoms with Crippen molar-refractivity contribution in [3.63, 3.8) is 0 Å². The first kappa shape index (κ1) is 23.1. The molecule has 0 radical (unpaired) electrons. The van der Waals surface area contributed by atoms with E-state index in [4.69, 9.17) is 9.47 Å². The molecule has 6 heteroatoms. The Balaban J connectivity index is 1.66.